The lowest BCUT2D eigenvalue weighted by atomic mass is 10.1. The second kappa shape index (κ2) is 10.0. The molecule has 0 saturated carbocycles. The maximum Gasteiger partial charge on any atom is 0.0701 e. The maximum atomic E-state index is 5.99. The predicted molar refractivity (Wildman–Crippen MR) is 71.5 cm³/mol. The van der Waals surface area contributed by atoms with Gasteiger partial charge in [-0.25, -0.2) is 0 Å². The fourth-order valence-corrected chi connectivity index (χ4v) is 1.53. The van der Waals surface area contributed by atoms with Crippen LogP contribution >= 0.6 is 0 Å². The topological polar surface area (TPSA) is 53.7 Å². The lowest BCUT2D eigenvalue weighted by Crippen LogP contribution is -2.18. The molecule has 1 atom stereocenters. The van der Waals surface area contributed by atoms with E-state index in [9.17, 15) is 0 Å². The van der Waals surface area contributed by atoms with Crippen LogP contribution in [0.15, 0.2) is 30.3 Å². The van der Waals surface area contributed by atoms with Crippen LogP contribution in [0.25, 0.3) is 0 Å². The molecule has 0 bridgehead atoms. The summed E-state index contributed by atoms with van der Waals surface area (Å²) in [6.45, 7) is 3.14. The van der Waals surface area contributed by atoms with Crippen LogP contribution in [0.2, 0.25) is 0 Å². The average molecular weight is 253 g/mol. The van der Waals surface area contributed by atoms with Crippen LogP contribution < -0.4 is 5.73 Å². The highest BCUT2D eigenvalue weighted by Crippen LogP contribution is 2.09. The highest BCUT2D eigenvalue weighted by atomic mass is 16.5. The molecule has 0 fully saturated rings. The number of benzene rings is 1. The second-order valence-electron chi connectivity index (χ2n) is 4.05. The van der Waals surface area contributed by atoms with Crippen molar-refractivity contribution in [2.24, 2.45) is 5.73 Å². The zero-order chi connectivity index (χ0) is 13.1. The first-order valence-corrected chi connectivity index (χ1v) is 6.29. The van der Waals surface area contributed by atoms with Gasteiger partial charge in [-0.2, -0.15) is 0 Å². The van der Waals surface area contributed by atoms with Gasteiger partial charge in [0, 0.05) is 20.3 Å². The molecule has 0 aromatic heterocycles. The smallest absolute Gasteiger partial charge is 0.0701 e. The van der Waals surface area contributed by atoms with Crippen LogP contribution in [-0.4, -0.2) is 40.1 Å². The van der Waals surface area contributed by atoms with Gasteiger partial charge in [-0.3, -0.25) is 0 Å². The van der Waals surface area contributed by atoms with Crippen LogP contribution in [0.4, 0.5) is 0 Å². The van der Waals surface area contributed by atoms with Crippen molar-refractivity contribution in [3.05, 3.63) is 35.9 Å². The Hall–Kier alpha value is -0.940. The van der Waals surface area contributed by atoms with Crippen LogP contribution in [-0.2, 0) is 14.2 Å². The quantitative estimate of drug-likeness (QED) is 0.646. The van der Waals surface area contributed by atoms with Crippen molar-refractivity contribution in [3.8, 4) is 0 Å². The Labute approximate surface area is 109 Å². The maximum absolute atomic E-state index is 5.99. The van der Waals surface area contributed by atoms with Crippen molar-refractivity contribution in [1.29, 1.82) is 0 Å². The first kappa shape index (κ1) is 15.1. The third-order valence-electron chi connectivity index (χ3n) is 2.53. The first-order valence-electron chi connectivity index (χ1n) is 6.29. The average Bonchev–Trinajstić information content (AvgIpc) is 2.42. The third-order valence-corrected chi connectivity index (χ3v) is 2.53. The fourth-order valence-electron chi connectivity index (χ4n) is 1.53. The molecule has 0 amide bonds. The summed E-state index contributed by atoms with van der Waals surface area (Å²) in [6, 6.07) is 9.89. The standard InChI is InChI=1S/C14H23NO3/c1-16-8-5-9-17-10-11-18-12-14(15)13-6-3-2-4-7-13/h2-4,6-7,14H,5,8-12,15H2,1H3. The molecule has 4 heteroatoms. The molecule has 0 heterocycles. The second-order valence-corrected chi connectivity index (χ2v) is 4.05. The molecule has 1 rings (SSSR count). The number of methoxy groups -OCH3 is 1. The van der Waals surface area contributed by atoms with Crippen molar-refractivity contribution in [3.63, 3.8) is 0 Å². The normalized spacial score (nSPS) is 12.6. The SMILES string of the molecule is COCCCOCCOCC(N)c1ccccc1. The molecule has 1 aromatic rings. The van der Waals surface area contributed by atoms with Gasteiger partial charge in [0.2, 0.25) is 0 Å². The minimum atomic E-state index is -0.0697. The Morgan fingerprint density at radius 1 is 1.00 bits per heavy atom. The van der Waals surface area contributed by atoms with Gasteiger partial charge in [-0.15, -0.1) is 0 Å². The number of ether oxygens (including phenoxy) is 3. The van der Waals surface area contributed by atoms with Crippen molar-refractivity contribution in [1.82, 2.24) is 0 Å². The molecule has 0 radical (unpaired) electrons. The van der Waals surface area contributed by atoms with Crippen LogP contribution in [0.5, 0.6) is 0 Å². The molecule has 18 heavy (non-hydrogen) atoms. The summed E-state index contributed by atoms with van der Waals surface area (Å²) in [5.74, 6) is 0. The van der Waals surface area contributed by atoms with E-state index in [0.29, 0.717) is 26.4 Å². The lowest BCUT2D eigenvalue weighted by molar-refractivity contribution is 0.0355. The summed E-state index contributed by atoms with van der Waals surface area (Å²) in [5, 5.41) is 0. The monoisotopic (exact) mass is 253 g/mol. The molecule has 102 valence electrons. The summed E-state index contributed by atoms with van der Waals surface area (Å²) in [6.07, 6.45) is 0.917. The third kappa shape index (κ3) is 6.71. The number of nitrogens with two attached hydrogens (primary N) is 1. The van der Waals surface area contributed by atoms with E-state index in [2.05, 4.69) is 0 Å². The summed E-state index contributed by atoms with van der Waals surface area (Å²) < 4.78 is 15.8. The summed E-state index contributed by atoms with van der Waals surface area (Å²) >= 11 is 0. The van der Waals surface area contributed by atoms with Gasteiger partial charge >= 0.3 is 0 Å². The Morgan fingerprint density at radius 2 is 1.72 bits per heavy atom. The molecular formula is C14H23NO3. The largest absolute Gasteiger partial charge is 0.385 e. The van der Waals surface area contributed by atoms with Gasteiger partial charge in [0.05, 0.1) is 25.9 Å². The van der Waals surface area contributed by atoms with E-state index in [1.54, 1.807) is 7.11 Å². The van der Waals surface area contributed by atoms with Gasteiger partial charge in [0.25, 0.3) is 0 Å². The molecule has 0 saturated heterocycles. The van der Waals surface area contributed by atoms with E-state index in [-0.39, 0.29) is 6.04 Å². The van der Waals surface area contributed by atoms with E-state index in [1.165, 1.54) is 0 Å². The Bertz CT molecular complexity index is 292. The number of hydrogen-bond donors (Lipinski definition) is 1. The van der Waals surface area contributed by atoms with Crippen LogP contribution in [0, 0.1) is 0 Å². The van der Waals surface area contributed by atoms with Gasteiger partial charge in [0.1, 0.15) is 0 Å². The van der Waals surface area contributed by atoms with Crippen molar-refractivity contribution in [2.75, 3.05) is 40.1 Å². The van der Waals surface area contributed by atoms with Crippen molar-refractivity contribution < 1.29 is 14.2 Å². The number of rotatable bonds is 10. The predicted octanol–water partition coefficient (Wildman–Crippen LogP) is 1.76. The molecule has 4 nitrogen and oxygen atoms in total. The van der Waals surface area contributed by atoms with E-state index in [4.69, 9.17) is 19.9 Å². The highest BCUT2D eigenvalue weighted by molar-refractivity contribution is 5.18. The number of hydrogen-bond acceptors (Lipinski definition) is 4. The highest BCUT2D eigenvalue weighted by Gasteiger charge is 2.04. The van der Waals surface area contributed by atoms with E-state index in [1.807, 2.05) is 30.3 Å². The Balaban J connectivity index is 1.98. The minimum absolute atomic E-state index is 0.0697. The van der Waals surface area contributed by atoms with E-state index >= 15 is 0 Å². The molecule has 0 spiro atoms. The van der Waals surface area contributed by atoms with Gasteiger partial charge in [-0.1, -0.05) is 30.3 Å². The fraction of sp³-hybridized carbons (Fsp3) is 0.571. The Kier molecular flexibility index (Phi) is 8.42. The zero-order valence-electron chi connectivity index (χ0n) is 11.0. The molecule has 0 aliphatic carbocycles. The van der Waals surface area contributed by atoms with Crippen LogP contribution in [0.1, 0.15) is 18.0 Å². The molecule has 1 unspecified atom stereocenters. The van der Waals surface area contributed by atoms with Gasteiger partial charge < -0.3 is 19.9 Å². The molecule has 1 aromatic carbocycles. The lowest BCUT2D eigenvalue weighted by Gasteiger charge is -2.12. The zero-order valence-corrected chi connectivity index (χ0v) is 11.0. The first-order chi connectivity index (χ1) is 8.84. The summed E-state index contributed by atoms with van der Waals surface area (Å²) in [5.41, 5.74) is 7.09. The molecule has 0 aliphatic rings. The molecular weight excluding hydrogens is 230 g/mol. The van der Waals surface area contributed by atoms with Gasteiger partial charge in [0.15, 0.2) is 0 Å². The molecule has 2 N–H and O–H groups in total. The van der Waals surface area contributed by atoms with Gasteiger partial charge in [-0.05, 0) is 12.0 Å². The molecule has 0 aliphatic heterocycles. The Morgan fingerprint density at radius 3 is 2.44 bits per heavy atom. The minimum Gasteiger partial charge on any atom is -0.385 e. The summed E-state index contributed by atoms with van der Waals surface area (Å²) in [4.78, 5) is 0. The van der Waals surface area contributed by atoms with E-state index in [0.717, 1.165) is 18.6 Å². The van der Waals surface area contributed by atoms with Crippen molar-refractivity contribution >= 4 is 0 Å². The van der Waals surface area contributed by atoms with Crippen LogP contribution in [0.3, 0.4) is 0 Å². The summed E-state index contributed by atoms with van der Waals surface area (Å²) in [7, 11) is 1.69. The van der Waals surface area contributed by atoms with Crippen molar-refractivity contribution in [2.45, 2.75) is 12.5 Å². The van der Waals surface area contributed by atoms with E-state index < -0.39 is 0 Å².